The van der Waals surface area contributed by atoms with Crippen LogP contribution in [0.4, 0.5) is 34.1 Å². The molecule has 2 aromatic heterocycles. The van der Waals surface area contributed by atoms with E-state index in [4.69, 9.17) is 4.42 Å². The summed E-state index contributed by atoms with van der Waals surface area (Å²) in [5.74, 6) is 0. The SMILES string of the molecule is c1ccc(N(c2cccc(N(c3ccccc3)c3ccc4c5ccccc5n(-c5ccccc5)c4c3)c2)c2ccc3cc4oc5ccccc5c4cc3c2)cc1. The van der Waals surface area contributed by atoms with Crippen LogP contribution in [0.3, 0.4) is 0 Å². The second-order valence-electron chi connectivity index (χ2n) is 14.2. The summed E-state index contributed by atoms with van der Waals surface area (Å²) >= 11 is 0. The van der Waals surface area contributed by atoms with Crippen molar-refractivity contribution in [3.8, 4) is 5.69 Å². The highest BCUT2D eigenvalue weighted by Crippen LogP contribution is 2.43. The highest BCUT2D eigenvalue weighted by molar-refractivity contribution is 6.11. The van der Waals surface area contributed by atoms with E-state index in [0.717, 1.165) is 78.0 Å². The Kier molecular flexibility index (Phi) is 7.46. The second kappa shape index (κ2) is 13.1. The lowest BCUT2D eigenvalue weighted by molar-refractivity contribution is 0.669. The van der Waals surface area contributed by atoms with Gasteiger partial charge in [0, 0.05) is 61.4 Å². The Bertz CT molecular complexity index is 3200. The van der Waals surface area contributed by atoms with Crippen molar-refractivity contribution in [2.45, 2.75) is 0 Å². The van der Waals surface area contributed by atoms with Crippen molar-refractivity contribution in [3.63, 3.8) is 0 Å². The van der Waals surface area contributed by atoms with Crippen molar-refractivity contribution >= 4 is 88.6 Å². The van der Waals surface area contributed by atoms with Gasteiger partial charge in [0.1, 0.15) is 11.2 Å². The number of nitrogens with zero attached hydrogens (tertiary/aromatic N) is 3. The summed E-state index contributed by atoms with van der Waals surface area (Å²) in [4.78, 5) is 4.71. The molecule has 11 aromatic rings. The maximum atomic E-state index is 6.24. The summed E-state index contributed by atoms with van der Waals surface area (Å²) in [6.45, 7) is 0. The first-order chi connectivity index (χ1) is 27.8. The summed E-state index contributed by atoms with van der Waals surface area (Å²) in [7, 11) is 0. The zero-order chi connectivity index (χ0) is 37.0. The Balaban J connectivity index is 1.08. The van der Waals surface area contributed by atoms with E-state index in [1.165, 1.54) is 16.3 Å². The molecule has 0 amide bonds. The predicted octanol–water partition coefficient (Wildman–Crippen LogP) is 14.8. The number of furan rings is 1. The van der Waals surface area contributed by atoms with Crippen LogP contribution in [-0.2, 0) is 0 Å². The van der Waals surface area contributed by atoms with E-state index in [-0.39, 0.29) is 0 Å². The number of hydrogen-bond acceptors (Lipinski definition) is 3. The predicted molar refractivity (Wildman–Crippen MR) is 235 cm³/mol. The Hall–Kier alpha value is -7.56. The van der Waals surface area contributed by atoms with Crippen LogP contribution in [0.1, 0.15) is 0 Å². The molecule has 0 fully saturated rings. The first-order valence-electron chi connectivity index (χ1n) is 19.0. The Labute approximate surface area is 324 Å². The molecule has 0 saturated carbocycles. The van der Waals surface area contributed by atoms with Gasteiger partial charge in [0.15, 0.2) is 0 Å². The van der Waals surface area contributed by atoms with E-state index in [0.29, 0.717) is 0 Å². The Morgan fingerprint density at radius 1 is 0.304 bits per heavy atom. The highest BCUT2D eigenvalue weighted by Gasteiger charge is 2.20. The van der Waals surface area contributed by atoms with Crippen LogP contribution in [0.15, 0.2) is 217 Å². The third kappa shape index (κ3) is 5.31. The standard InChI is InChI=1S/C52H35N3O/c1-4-15-38(16-5-1)53(43-28-27-36-33-52-48(32-37(36)31-43)47-24-11-13-26-51(47)56-52)41-21-14-22-42(34-41)54(39-17-6-2-7-18-39)44-29-30-46-45-23-10-12-25-49(45)55(50(46)35-44)40-19-8-3-9-20-40/h1-35H. The zero-order valence-electron chi connectivity index (χ0n) is 30.5. The van der Waals surface area contributed by atoms with Crippen molar-refractivity contribution < 1.29 is 4.42 Å². The molecule has 9 aromatic carbocycles. The van der Waals surface area contributed by atoms with Crippen LogP contribution < -0.4 is 9.80 Å². The van der Waals surface area contributed by atoms with Gasteiger partial charge in [0.05, 0.1) is 11.0 Å². The van der Waals surface area contributed by atoms with E-state index in [1.54, 1.807) is 0 Å². The molecule has 0 unspecified atom stereocenters. The molecule has 4 heteroatoms. The van der Waals surface area contributed by atoms with Crippen molar-refractivity contribution in [3.05, 3.63) is 212 Å². The minimum Gasteiger partial charge on any atom is -0.456 e. The molecule has 4 nitrogen and oxygen atoms in total. The molecule has 0 N–H and O–H groups in total. The number of aromatic nitrogens is 1. The lowest BCUT2D eigenvalue weighted by atomic mass is 10.0. The van der Waals surface area contributed by atoms with Gasteiger partial charge in [-0.1, -0.05) is 109 Å². The van der Waals surface area contributed by atoms with Gasteiger partial charge in [-0.2, -0.15) is 0 Å². The average molecular weight is 718 g/mol. The Morgan fingerprint density at radius 3 is 1.59 bits per heavy atom. The normalized spacial score (nSPS) is 11.6. The summed E-state index contributed by atoms with van der Waals surface area (Å²) < 4.78 is 8.62. The minimum absolute atomic E-state index is 0.905. The molecule has 56 heavy (non-hydrogen) atoms. The molecule has 264 valence electrons. The van der Waals surface area contributed by atoms with E-state index in [1.807, 2.05) is 12.1 Å². The van der Waals surface area contributed by atoms with Gasteiger partial charge >= 0.3 is 0 Å². The van der Waals surface area contributed by atoms with Crippen molar-refractivity contribution in [2.24, 2.45) is 0 Å². The summed E-state index contributed by atoms with van der Waals surface area (Å²) in [6, 6.07) is 75.8. The minimum atomic E-state index is 0.905. The van der Waals surface area contributed by atoms with Crippen molar-refractivity contribution in [1.82, 2.24) is 4.57 Å². The smallest absolute Gasteiger partial charge is 0.136 e. The zero-order valence-corrected chi connectivity index (χ0v) is 30.5. The maximum absolute atomic E-state index is 6.24. The largest absolute Gasteiger partial charge is 0.456 e. The molecule has 11 rings (SSSR count). The van der Waals surface area contributed by atoms with Crippen LogP contribution in [0.5, 0.6) is 0 Å². The molecular formula is C52H35N3O. The van der Waals surface area contributed by atoms with E-state index in [2.05, 4.69) is 215 Å². The van der Waals surface area contributed by atoms with Crippen LogP contribution in [-0.4, -0.2) is 4.57 Å². The first kappa shape index (κ1) is 31.9. The molecule has 0 aliphatic rings. The van der Waals surface area contributed by atoms with Crippen LogP contribution in [0.25, 0.3) is 60.2 Å². The van der Waals surface area contributed by atoms with Crippen molar-refractivity contribution in [2.75, 3.05) is 9.80 Å². The fourth-order valence-corrected chi connectivity index (χ4v) is 8.37. The maximum Gasteiger partial charge on any atom is 0.136 e. The van der Waals surface area contributed by atoms with Gasteiger partial charge in [-0.3, -0.25) is 0 Å². The van der Waals surface area contributed by atoms with Gasteiger partial charge in [-0.15, -0.1) is 0 Å². The van der Waals surface area contributed by atoms with Crippen LogP contribution in [0, 0.1) is 0 Å². The number of para-hydroxylation sites is 5. The van der Waals surface area contributed by atoms with Gasteiger partial charge in [-0.25, -0.2) is 0 Å². The highest BCUT2D eigenvalue weighted by atomic mass is 16.3. The average Bonchev–Trinajstić information content (AvgIpc) is 3.79. The van der Waals surface area contributed by atoms with E-state index >= 15 is 0 Å². The summed E-state index contributed by atoms with van der Waals surface area (Å²) in [5.41, 5.74) is 11.7. The fraction of sp³-hybridized carbons (Fsp3) is 0. The van der Waals surface area contributed by atoms with Gasteiger partial charge < -0.3 is 18.8 Å². The number of anilines is 6. The molecule has 2 heterocycles. The Morgan fingerprint density at radius 2 is 0.857 bits per heavy atom. The van der Waals surface area contributed by atoms with Gasteiger partial charge in [-0.05, 0) is 114 Å². The lowest BCUT2D eigenvalue weighted by Crippen LogP contribution is -2.13. The van der Waals surface area contributed by atoms with Gasteiger partial charge in [0.25, 0.3) is 0 Å². The molecule has 0 aliphatic heterocycles. The molecule has 0 aliphatic carbocycles. The molecular weight excluding hydrogens is 683 g/mol. The third-order valence-corrected chi connectivity index (χ3v) is 10.9. The number of benzene rings is 9. The molecule has 0 bridgehead atoms. The van der Waals surface area contributed by atoms with Crippen LogP contribution in [0.2, 0.25) is 0 Å². The molecule has 0 atom stereocenters. The van der Waals surface area contributed by atoms with E-state index < -0.39 is 0 Å². The van der Waals surface area contributed by atoms with E-state index in [9.17, 15) is 0 Å². The monoisotopic (exact) mass is 717 g/mol. The second-order valence-corrected chi connectivity index (χ2v) is 14.2. The molecule has 0 radical (unpaired) electrons. The fourth-order valence-electron chi connectivity index (χ4n) is 8.37. The third-order valence-electron chi connectivity index (χ3n) is 10.9. The van der Waals surface area contributed by atoms with Crippen molar-refractivity contribution in [1.29, 1.82) is 0 Å². The summed E-state index contributed by atoms with van der Waals surface area (Å²) in [6.07, 6.45) is 0. The number of fused-ring (bicyclic) bond motifs is 7. The molecule has 0 spiro atoms. The van der Waals surface area contributed by atoms with Gasteiger partial charge in [0.2, 0.25) is 0 Å². The van der Waals surface area contributed by atoms with Crippen LogP contribution >= 0.6 is 0 Å². The first-order valence-corrected chi connectivity index (χ1v) is 19.0. The summed E-state index contributed by atoms with van der Waals surface area (Å²) in [5, 5.41) is 7.02. The lowest BCUT2D eigenvalue weighted by Gasteiger charge is -2.29. The number of rotatable bonds is 7. The quantitative estimate of drug-likeness (QED) is 0.164. The topological polar surface area (TPSA) is 24.6 Å². The number of hydrogen-bond donors (Lipinski definition) is 0. The molecule has 0 saturated heterocycles.